The lowest BCUT2D eigenvalue weighted by molar-refractivity contribution is -0.138. The quantitative estimate of drug-likeness (QED) is 0.550. The molecule has 2 atom stereocenters. The van der Waals surface area contributed by atoms with E-state index in [1.807, 2.05) is 0 Å². The number of halogens is 1. The number of benzene rings is 2. The lowest BCUT2D eigenvalue weighted by Crippen LogP contribution is -2.55. The Kier molecular flexibility index (Phi) is 7.07. The number of likely N-dealkylation sites (N-methyl/N-ethyl adjacent to an activating group) is 1. The molecule has 2 aromatic rings. The van der Waals surface area contributed by atoms with E-state index >= 15 is 0 Å². The minimum Gasteiger partial charge on any atom is -0.497 e. The molecule has 1 aliphatic heterocycles. The molecule has 3 N–H and O–H groups in total. The van der Waals surface area contributed by atoms with E-state index in [9.17, 15) is 28.7 Å². The number of methoxy groups -OCH3 is 1. The molecule has 10 heteroatoms. The number of amides is 3. The van der Waals surface area contributed by atoms with Crippen LogP contribution in [0.4, 0.5) is 9.18 Å². The second kappa shape index (κ2) is 9.94. The van der Waals surface area contributed by atoms with Crippen molar-refractivity contribution in [3.63, 3.8) is 0 Å². The standard InChI is InChI=1S/C23H22FN3O6/c1-27-9-8-19(28)21(22(27)31)26-23(32)25-18(12-20(29)30)14-6-7-17(24)16(11-14)13-4-3-5-15(10-13)33-2/h3-11,18,21H,12H2,1-2H3,(H,29,30)(H2,25,26,32). The summed E-state index contributed by atoms with van der Waals surface area (Å²) in [6.07, 6.45) is 1.93. The zero-order valence-corrected chi connectivity index (χ0v) is 17.9. The maximum Gasteiger partial charge on any atom is 0.316 e. The molecule has 0 aliphatic carbocycles. The average molecular weight is 455 g/mol. The fraction of sp³-hybridized carbons (Fsp3) is 0.217. The number of hydrogen-bond acceptors (Lipinski definition) is 5. The molecule has 1 aliphatic rings. The number of aliphatic carboxylic acids is 1. The van der Waals surface area contributed by atoms with Gasteiger partial charge in [-0.15, -0.1) is 0 Å². The Morgan fingerprint density at radius 1 is 1.21 bits per heavy atom. The van der Waals surface area contributed by atoms with E-state index in [1.54, 1.807) is 24.3 Å². The number of hydrogen-bond donors (Lipinski definition) is 3. The van der Waals surface area contributed by atoms with Gasteiger partial charge in [0.1, 0.15) is 11.6 Å². The number of nitrogens with zero attached hydrogens (tertiary/aromatic N) is 1. The van der Waals surface area contributed by atoms with Crippen LogP contribution in [0.5, 0.6) is 5.75 Å². The molecule has 33 heavy (non-hydrogen) atoms. The molecule has 3 rings (SSSR count). The maximum atomic E-state index is 14.6. The van der Waals surface area contributed by atoms with Crippen LogP contribution in [0, 0.1) is 5.82 Å². The fourth-order valence-electron chi connectivity index (χ4n) is 3.34. The summed E-state index contributed by atoms with van der Waals surface area (Å²) < 4.78 is 19.7. The molecule has 0 fully saturated rings. The van der Waals surface area contributed by atoms with Gasteiger partial charge in [0.2, 0.25) is 0 Å². The van der Waals surface area contributed by atoms with Crippen LogP contribution < -0.4 is 15.4 Å². The predicted molar refractivity (Wildman–Crippen MR) is 116 cm³/mol. The van der Waals surface area contributed by atoms with Gasteiger partial charge in [-0.2, -0.15) is 0 Å². The summed E-state index contributed by atoms with van der Waals surface area (Å²) >= 11 is 0. The summed E-state index contributed by atoms with van der Waals surface area (Å²) in [4.78, 5) is 49.3. The van der Waals surface area contributed by atoms with Crippen LogP contribution in [-0.2, 0) is 14.4 Å². The number of carbonyl (C=O) groups is 4. The van der Waals surface area contributed by atoms with Crippen molar-refractivity contribution >= 4 is 23.7 Å². The molecule has 0 saturated heterocycles. The highest BCUT2D eigenvalue weighted by Gasteiger charge is 2.32. The van der Waals surface area contributed by atoms with Crippen LogP contribution >= 0.6 is 0 Å². The van der Waals surface area contributed by atoms with Gasteiger partial charge in [0.25, 0.3) is 5.91 Å². The number of nitrogens with one attached hydrogen (secondary N) is 2. The molecule has 0 spiro atoms. The number of ether oxygens (including phenoxy) is 1. The minimum atomic E-state index is -1.42. The van der Waals surface area contributed by atoms with Crippen molar-refractivity contribution in [3.05, 3.63) is 66.1 Å². The van der Waals surface area contributed by atoms with Crippen molar-refractivity contribution in [2.45, 2.75) is 18.5 Å². The Morgan fingerprint density at radius 2 is 1.97 bits per heavy atom. The molecule has 9 nitrogen and oxygen atoms in total. The Hall–Kier alpha value is -4.21. The Morgan fingerprint density at radius 3 is 2.67 bits per heavy atom. The lowest BCUT2D eigenvalue weighted by Gasteiger charge is -2.25. The first kappa shape index (κ1) is 23.5. The molecule has 1 heterocycles. The van der Waals surface area contributed by atoms with Crippen LogP contribution in [-0.4, -0.2) is 53.9 Å². The zero-order valence-electron chi connectivity index (χ0n) is 17.9. The molecule has 2 unspecified atom stereocenters. The third-order valence-corrected chi connectivity index (χ3v) is 5.07. The van der Waals surface area contributed by atoms with Crippen LogP contribution in [0.3, 0.4) is 0 Å². The Balaban J connectivity index is 1.86. The van der Waals surface area contributed by atoms with Crippen molar-refractivity contribution in [2.75, 3.05) is 14.2 Å². The summed E-state index contributed by atoms with van der Waals surface area (Å²) in [7, 11) is 2.91. The van der Waals surface area contributed by atoms with E-state index in [0.717, 1.165) is 11.0 Å². The highest BCUT2D eigenvalue weighted by atomic mass is 19.1. The Bertz CT molecular complexity index is 1130. The number of carboxylic acids is 1. The van der Waals surface area contributed by atoms with Gasteiger partial charge in [0.05, 0.1) is 19.6 Å². The van der Waals surface area contributed by atoms with Crippen molar-refractivity contribution in [2.24, 2.45) is 0 Å². The minimum absolute atomic E-state index is 0.188. The fourth-order valence-corrected chi connectivity index (χ4v) is 3.34. The normalized spacial score (nSPS) is 16.3. The highest BCUT2D eigenvalue weighted by molar-refractivity contribution is 6.14. The number of carbonyl (C=O) groups excluding carboxylic acids is 3. The monoisotopic (exact) mass is 455 g/mol. The molecule has 0 saturated carbocycles. The van der Waals surface area contributed by atoms with Gasteiger partial charge in [-0.1, -0.05) is 18.2 Å². The molecular formula is C23H22FN3O6. The molecule has 0 radical (unpaired) electrons. The van der Waals surface area contributed by atoms with Gasteiger partial charge in [0, 0.05) is 24.9 Å². The molecule has 0 bridgehead atoms. The average Bonchev–Trinajstić information content (AvgIpc) is 2.79. The van der Waals surface area contributed by atoms with Crippen LogP contribution in [0.2, 0.25) is 0 Å². The largest absolute Gasteiger partial charge is 0.497 e. The lowest BCUT2D eigenvalue weighted by atomic mass is 9.97. The summed E-state index contributed by atoms with van der Waals surface area (Å²) in [5, 5.41) is 14.1. The Labute approximate surface area is 188 Å². The van der Waals surface area contributed by atoms with Gasteiger partial charge in [-0.3, -0.25) is 14.4 Å². The van der Waals surface area contributed by atoms with Gasteiger partial charge in [0.15, 0.2) is 11.8 Å². The first-order valence-corrected chi connectivity index (χ1v) is 9.91. The van der Waals surface area contributed by atoms with Gasteiger partial charge < -0.3 is 25.4 Å². The van der Waals surface area contributed by atoms with E-state index in [2.05, 4.69) is 10.6 Å². The first-order valence-electron chi connectivity index (χ1n) is 9.91. The van der Waals surface area contributed by atoms with E-state index in [4.69, 9.17) is 4.74 Å². The summed E-state index contributed by atoms with van der Waals surface area (Å²) in [6.45, 7) is 0. The molecule has 0 aromatic heterocycles. The van der Waals surface area contributed by atoms with E-state index in [0.29, 0.717) is 16.9 Å². The molecule has 3 amide bonds. The molecule has 172 valence electrons. The number of rotatable bonds is 7. The van der Waals surface area contributed by atoms with Crippen molar-refractivity contribution in [1.82, 2.24) is 15.5 Å². The number of ketones is 1. The predicted octanol–water partition coefficient (Wildman–Crippen LogP) is 2.24. The van der Waals surface area contributed by atoms with E-state index < -0.39 is 48.0 Å². The highest BCUT2D eigenvalue weighted by Crippen LogP contribution is 2.29. The van der Waals surface area contributed by atoms with Crippen LogP contribution in [0.25, 0.3) is 11.1 Å². The maximum absolute atomic E-state index is 14.6. The molecular weight excluding hydrogens is 433 g/mol. The number of urea groups is 1. The van der Waals surface area contributed by atoms with Gasteiger partial charge >= 0.3 is 12.0 Å². The van der Waals surface area contributed by atoms with E-state index in [-0.39, 0.29) is 5.56 Å². The zero-order chi connectivity index (χ0) is 24.1. The van der Waals surface area contributed by atoms with Gasteiger partial charge in [-0.05, 0) is 35.4 Å². The first-order chi connectivity index (χ1) is 15.7. The van der Waals surface area contributed by atoms with Crippen molar-refractivity contribution < 1.29 is 33.4 Å². The van der Waals surface area contributed by atoms with Crippen LogP contribution in [0.1, 0.15) is 18.0 Å². The summed E-state index contributed by atoms with van der Waals surface area (Å²) in [5.74, 6) is -2.48. The second-order valence-corrected chi connectivity index (χ2v) is 7.34. The van der Waals surface area contributed by atoms with Crippen LogP contribution in [0.15, 0.2) is 54.7 Å². The second-order valence-electron chi connectivity index (χ2n) is 7.34. The topological polar surface area (TPSA) is 125 Å². The smallest absolute Gasteiger partial charge is 0.316 e. The number of carboxylic acid groups (broad SMARTS) is 1. The van der Waals surface area contributed by atoms with Crippen molar-refractivity contribution in [3.8, 4) is 16.9 Å². The third-order valence-electron chi connectivity index (χ3n) is 5.07. The van der Waals surface area contributed by atoms with E-state index in [1.165, 1.54) is 38.6 Å². The third kappa shape index (κ3) is 5.53. The van der Waals surface area contributed by atoms with Crippen molar-refractivity contribution in [1.29, 1.82) is 0 Å². The molecule has 2 aromatic carbocycles. The van der Waals surface area contributed by atoms with Gasteiger partial charge in [-0.25, -0.2) is 9.18 Å². The summed E-state index contributed by atoms with van der Waals surface area (Å²) in [6, 6.07) is 7.25. The SMILES string of the molecule is COc1cccc(-c2cc(C(CC(=O)O)NC(=O)NC3C(=O)C=CN(C)C3=O)ccc2F)c1. The summed E-state index contributed by atoms with van der Waals surface area (Å²) in [5.41, 5.74) is 1.01.